The Morgan fingerprint density at radius 3 is 2.67 bits per heavy atom. The largest absolute Gasteiger partial charge is 0.489 e. The lowest BCUT2D eigenvalue weighted by atomic mass is 9.97. The lowest BCUT2D eigenvalue weighted by molar-refractivity contribution is 0.0686. The van der Waals surface area contributed by atoms with Crippen LogP contribution in [0.3, 0.4) is 0 Å². The van der Waals surface area contributed by atoms with Gasteiger partial charge >= 0.3 is 5.97 Å². The summed E-state index contributed by atoms with van der Waals surface area (Å²) in [5, 5.41) is 8.83. The maximum absolute atomic E-state index is 11.7. The quantitative estimate of drug-likeness (QED) is 0.923. The Morgan fingerprint density at radius 2 is 2.05 bits per heavy atom. The molecule has 0 radical (unpaired) electrons. The van der Waals surface area contributed by atoms with Gasteiger partial charge in [-0.3, -0.25) is 0 Å². The molecule has 0 aliphatic heterocycles. The Balaban J connectivity index is 2.17. The van der Waals surface area contributed by atoms with Gasteiger partial charge in [0.15, 0.2) is 0 Å². The van der Waals surface area contributed by atoms with Crippen LogP contribution in [0.25, 0.3) is 0 Å². The lowest BCUT2D eigenvalue weighted by Gasteiger charge is -2.29. The Bertz CT molecular complexity index is 635. The molecule has 1 aromatic rings. The highest BCUT2D eigenvalue weighted by Gasteiger charge is 2.30. The second kappa shape index (κ2) is 6.05. The SMILES string of the molecule is Cc1ccc(OC2CCCC(S(C)(=O)=O)C2)c(C(=O)O)c1. The Kier molecular flexibility index (Phi) is 4.56. The Morgan fingerprint density at radius 1 is 1.33 bits per heavy atom. The first-order chi connectivity index (χ1) is 9.77. The highest BCUT2D eigenvalue weighted by Crippen LogP contribution is 2.29. The van der Waals surface area contributed by atoms with E-state index in [1.54, 1.807) is 18.2 Å². The van der Waals surface area contributed by atoms with E-state index in [0.717, 1.165) is 18.4 Å². The van der Waals surface area contributed by atoms with Gasteiger partial charge in [0.25, 0.3) is 0 Å². The average Bonchev–Trinajstić information content (AvgIpc) is 2.40. The standard InChI is InChI=1S/C15H20O5S/c1-10-6-7-14(13(8-10)15(16)17)20-11-4-3-5-12(9-11)21(2,18)19/h6-8,11-12H,3-5,9H2,1-2H3,(H,16,17). The summed E-state index contributed by atoms with van der Waals surface area (Å²) in [5.74, 6) is -0.726. The van der Waals surface area contributed by atoms with Crippen molar-refractivity contribution in [3.63, 3.8) is 0 Å². The number of carbonyl (C=O) groups is 1. The molecule has 1 N–H and O–H groups in total. The molecule has 1 saturated carbocycles. The van der Waals surface area contributed by atoms with E-state index in [1.807, 2.05) is 6.92 Å². The van der Waals surface area contributed by atoms with Crippen LogP contribution in [0.15, 0.2) is 18.2 Å². The molecule has 0 amide bonds. The van der Waals surface area contributed by atoms with Crippen molar-refractivity contribution >= 4 is 15.8 Å². The van der Waals surface area contributed by atoms with E-state index in [9.17, 15) is 18.3 Å². The first-order valence-electron chi connectivity index (χ1n) is 6.97. The summed E-state index contributed by atoms with van der Waals surface area (Å²) in [6.45, 7) is 1.82. The van der Waals surface area contributed by atoms with Gasteiger partial charge in [-0.15, -0.1) is 0 Å². The van der Waals surface area contributed by atoms with E-state index in [2.05, 4.69) is 0 Å². The fraction of sp³-hybridized carbons (Fsp3) is 0.533. The monoisotopic (exact) mass is 312 g/mol. The molecule has 1 aliphatic rings. The number of hydrogen-bond donors (Lipinski definition) is 1. The third-order valence-electron chi connectivity index (χ3n) is 3.84. The zero-order valence-corrected chi connectivity index (χ0v) is 13.0. The number of aryl methyl sites for hydroxylation is 1. The Labute approximate surface area is 124 Å². The van der Waals surface area contributed by atoms with Crippen LogP contribution in [0.4, 0.5) is 0 Å². The number of benzene rings is 1. The van der Waals surface area contributed by atoms with Crippen LogP contribution in [0.5, 0.6) is 5.75 Å². The van der Waals surface area contributed by atoms with Gasteiger partial charge in [-0.2, -0.15) is 0 Å². The highest BCUT2D eigenvalue weighted by molar-refractivity contribution is 7.91. The molecule has 1 fully saturated rings. The van der Waals surface area contributed by atoms with Crippen LogP contribution in [0, 0.1) is 6.92 Å². The van der Waals surface area contributed by atoms with Crippen molar-refractivity contribution in [3.8, 4) is 5.75 Å². The second-order valence-corrected chi connectivity index (χ2v) is 7.99. The van der Waals surface area contributed by atoms with Gasteiger partial charge in [-0.25, -0.2) is 13.2 Å². The summed E-state index contributed by atoms with van der Waals surface area (Å²) in [4.78, 5) is 11.3. The molecule has 0 aromatic heterocycles. The molecule has 2 atom stereocenters. The first kappa shape index (κ1) is 15.8. The van der Waals surface area contributed by atoms with E-state index in [0.29, 0.717) is 18.6 Å². The number of sulfone groups is 1. The van der Waals surface area contributed by atoms with E-state index < -0.39 is 21.1 Å². The molecule has 0 saturated heterocycles. The van der Waals surface area contributed by atoms with Gasteiger partial charge in [0.1, 0.15) is 21.2 Å². The summed E-state index contributed by atoms with van der Waals surface area (Å²) in [5.41, 5.74) is 0.967. The fourth-order valence-corrected chi connectivity index (χ4v) is 3.85. The van der Waals surface area contributed by atoms with Gasteiger partial charge in [0.2, 0.25) is 0 Å². The lowest BCUT2D eigenvalue weighted by Crippen LogP contribution is -2.33. The van der Waals surface area contributed by atoms with Gasteiger partial charge < -0.3 is 9.84 Å². The molecule has 1 aromatic carbocycles. The topological polar surface area (TPSA) is 80.7 Å². The molecule has 116 valence electrons. The second-order valence-electron chi connectivity index (χ2n) is 5.66. The molecular weight excluding hydrogens is 292 g/mol. The third-order valence-corrected chi connectivity index (χ3v) is 5.48. The summed E-state index contributed by atoms with van der Waals surface area (Å²) < 4.78 is 29.1. The normalized spacial score (nSPS) is 22.8. The number of carboxylic acid groups (broad SMARTS) is 1. The summed E-state index contributed by atoms with van der Waals surface area (Å²) in [7, 11) is -3.08. The van der Waals surface area contributed by atoms with Crippen molar-refractivity contribution < 1.29 is 23.1 Å². The van der Waals surface area contributed by atoms with E-state index in [-0.39, 0.29) is 11.7 Å². The molecule has 21 heavy (non-hydrogen) atoms. The summed E-state index contributed by atoms with van der Waals surface area (Å²) in [6.07, 6.45) is 3.59. The minimum Gasteiger partial charge on any atom is -0.489 e. The smallest absolute Gasteiger partial charge is 0.339 e. The van der Waals surface area contributed by atoms with Crippen molar-refractivity contribution in [1.29, 1.82) is 0 Å². The van der Waals surface area contributed by atoms with Crippen molar-refractivity contribution in [3.05, 3.63) is 29.3 Å². The van der Waals surface area contributed by atoms with Crippen LogP contribution in [0.2, 0.25) is 0 Å². The van der Waals surface area contributed by atoms with Gasteiger partial charge in [0, 0.05) is 12.7 Å². The highest BCUT2D eigenvalue weighted by atomic mass is 32.2. The minimum atomic E-state index is -3.08. The van der Waals surface area contributed by atoms with Crippen molar-refractivity contribution in [2.24, 2.45) is 0 Å². The predicted molar refractivity (Wildman–Crippen MR) is 79.7 cm³/mol. The van der Waals surface area contributed by atoms with Gasteiger partial charge in [-0.05, 0) is 38.3 Å². The number of ether oxygens (including phenoxy) is 1. The van der Waals surface area contributed by atoms with Crippen molar-refractivity contribution in [1.82, 2.24) is 0 Å². The zero-order valence-electron chi connectivity index (χ0n) is 12.2. The van der Waals surface area contributed by atoms with Crippen LogP contribution in [-0.2, 0) is 9.84 Å². The molecule has 2 unspecified atom stereocenters. The number of carboxylic acids is 1. The van der Waals surface area contributed by atoms with Gasteiger partial charge in [-0.1, -0.05) is 11.6 Å². The van der Waals surface area contributed by atoms with Crippen LogP contribution in [0.1, 0.15) is 41.6 Å². The third kappa shape index (κ3) is 3.97. The van der Waals surface area contributed by atoms with E-state index in [4.69, 9.17) is 4.74 Å². The maximum Gasteiger partial charge on any atom is 0.339 e. The predicted octanol–water partition coefficient (Wildman–Crippen LogP) is 2.43. The van der Waals surface area contributed by atoms with Crippen molar-refractivity contribution in [2.75, 3.05) is 6.26 Å². The minimum absolute atomic E-state index is 0.122. The van der Waals surface area contributed by atoms with E-state index in [1.165, 1.54) is 6.26 Å². The number of aromatic carboxylic acids is 1. The fourth-order valence-electron chi connectivity index (χ4n) is 2.69. The molecule has 6 heteroatoms. The maximum atomic E-state index is 11.7. The molecule has 0 spiro atoms. The van der Waals surface area contributed by atoms with Crippen LogP contribution in [-0.4, -0.2) is 37.1 Å². The van der Waals surface area contributed by atoms with Crippen LogP contribution < -0.4 is 4.74 Å². The zero-order chi connectivity index (χ0) is 15.6. The van der Waals surface area contributed by atoms with E-state index >= 15 is 0 Å². The molecule has 1 aliphatic carbocycles. The molecular formula is C15H20O5S. The van der Waals surface area contributed by atoms with Gasteiger partial charge in [0.05, 0.1) is 11.4 Å². The van der Waals surface area contributed by atoms with Crippen LogP contribution >= 0.6 is 0 Å². The number of hydrogen-bond acceptors (Lipinski definition) is 4. The molecule has 0 bridgehead atoms. The summed E-state index contributed by atoms with van der Waals surface area (Å²) in [6, 6.07) is 5.00. The molecule has 5 nitrogen and oxygen atoms in total. The van der Waals surface area contributed by atoms with Crippen molar-refractivity contribution in [2.45, 2.75) is 44.0 Å². The molecule has 0 heterocycles. The average molecular weight is 312 g/mol. The Hall–Kier alpha value is -1.56. The summed E-state index contributed by atoms with van der Waals surface area (Å²) >= 11 is 0. The first-order valence-corrected chi connectivity index (χ1v) is 8.92. The molecule has 2 rings (SSSR count). The number of rotatable bonds is 4.